The molecule has 0 aliphatic carbocycles. The summed E-state index contributed by atoms with van der Waals surface area (Å²) < 4.78 is 4.74. The fraction of sp³-hybridized carbons (Fsp3) is 0.250. The van der Waals surface area contributed by atoms with Crippen LogP contribution in [0.15, 0.2) is 24.3 Å². The Hall–Kier alpha value is -1.32. The Morgan fingerprint density at radius 3 is 2.88 bits per heavy atom. The van der Waals surface area contributed by atoms with Crippen molar-refractivity contribution in [3.63, 3.8) is 0 Å². The number of benzene rings is 1. The minimum absolute atomic E-state index is 0.0965. The van der Waals surface area contributed by atoms with Crippen molar-refractivity contribution < 1.29 is 14.6 Å². The number of carbonyl (C=O) groups excluding carboxylic acids is 1. The predicted octanol–water partition coefficient (Wildman–Crippen LogP) is 2.41. The van der Waals surface area contributed by atoms with Gasteiger partial charge in [0.25, 0.3) is 0 Å². The number of carbonyl (C=O) groups is 1. The van der Waals surface area contributed by atoms with Gasteiger partial charge in [0.2, 0.25) is 0 Å². The molecule has 0 spiro atoms. The lowest BCUT2D eigenvalue weighted by Gasteiger charge is -2.01. The molecule has 1 aromatic rings. The van der Waals surface area contributed by atoms with Crippen molar-refractivity contribution >= 4 is 23.6 Å². The Morgan fingerprint density at radius 2 is 2.31 bits per heavy atom. The third kappa shape index (κ3) is 3.68. The molecule has 1 N–H and O–H groups in total. The van der Waals surface area contributed by atoms with Crippen LogP contribution in [0.25, 0.3) is 6.08 Å². The molecule has 0 bridgehead atoms. The van der Waals surface area contributed by atoms with Crippen molar-refractivity contribution in [2.45, 2.75) is 13.5 Å². The molecule has 16 heavy (non-hydrogen) atoms. The molecule has 4 heteroatoms. The van der Waals surface area contributed by atoms with Gasteiger partial charge >= 0.3 is 5.97 Å². The van der Waals surface area contributed by atoms with Crippen LogP contribution in [-0.4, -0.2) is 17.7 Å². The van der Waals surface area contributed by atoms with Crippen molar-refractivity contribution in [1.82, 2.24) is 0 Å². The average Bonchev–Trinajstić information content (AvgIpc) is 2.27. The summed E-state index contributed by atoms with van der Waals surface area (Å²) in [5.41, 5.74) is 1.45. The van der Waals surface area contributed by atoms with E-state index in [1.807, 2.05) is 0 Å². The van der Waals surface area contributed by atoms with Gasteiger partial charge < -0.3 is 9.84 Å². The maximum absolute atomic E-state index is 11.0. The Balaban J connectivity index is 2.75. The topological polar surface area (TPSA) is 46.5 Å². The van der Waals surface area contributed by atoms with Crippen LogP contribution in [0.4, 0.5) is 0 Å². The highest BCUT2D eigenvalue weighted by molar-refractivity contribution is 6.31. The zero-order valence-electron chi connectivity index (χ0n) is 8.94. The molecule has 1 aromatic carbocycles. The number of aliphatic hydroxyl groups excluding tert-OH is 1. The van der Waals surface area contributed by atoms with E-state index in [0.29, 0.717) is 17.2 Å². The summed E-state index contributed by atoms with van der Waals surface area (Å²) in [6.45, 7) is 2.01. The molecule has 0 atom stereocenters. The van der Waals surface area contributed by atoms with E-state index in [1.165, 1.54) is 6.08 Å². The van der Waals surface area contributed by atoms with Gasteiger partial charge in [0.1, 0.15) is 0 Å². The quantitative estimate of drug-likeness (QED) is 0.649. The summed E-state index contributed by atoms with van der Waals surface area (Å²) in [7, 11) is 0. The highest BCUT2D eigenvalue weighted by atomic mass is 35.5. The number of aliphatic hydroxyl groups is 1. The number of hydrogen-bond acceptors (Lipinski definition) is 3. The third-order valence-corrected chi connectivity index (χ3v) is 2.30. The van der Waals surface area contributed by atoms with Crippen molar-refractivity contribution in [1.29, 1.82) is 0 Å². The van der Waals surface area contributed by atoms with E-state index in [1.54, 1.807) is 31.2 Å². The lowest BCUT2D eigenvalue weighted by molar-refractivity contribution is -0.137. The highest BCUT2D eigenvalue weighted by Crippen LogP contribution is 2.18. The maximum atomic E-state index is 11.0. The van der Waals surface area contributed by atoms with Gasteiger partial charge in [0, 0.05) is 11.1 Å². The first-order chi connectivity index (χ1) is 7.67. The fourth-order valence-corrected chi connectivity index (χ4v) is 1.40. The molecule has 3 nitrogen and oxygen atoms in total. The Bertz CT molecular complexity index is 399. The SMILES string of the molecule is CCOC(=O)C=Cc1ccc(CO)c(Cl)c1. The van der Waals surface area contributed by atoms with Crippen LogP contribution in [0.5, 0.6) is 0 Å². The molecule has 0 unspecified atom stereocenters. The summed E-state index contributed by atoms with van der Waals surface area (Å²) in [5, 5.41) is 9.40. The van der Waals surface area contributed by atoms with Gasteiger partial charge in [-0.3, -0.25) is 0 Å². The lowest BCUT2D eigenvalue weighted by atomic mass is 10.1. The standard InChI is InChI=1S/C12H13ClO3/c1-2-16-12(15)6-4-9-3-5-10(8-14)11(13)7-9/h3-7,14H,2,8H2,1H3. The number of ether oxygens (including phenoxy) is 1. The lowest BCUT2D eigenvalue weighted by Crippen LogP contribution is -1.98. The molecule has 0 aliphatic heterocycles. The van der Waals surface area contributed by atoms with Gasteiger partial charge in [-0.1, -0.05) is 23.7 Å². The van der Waals surface area contributed by atoms with Crippen molar-refractivity contribution in [3.8, 4) is 0 Å². The first-order valence-electron chi connectivity index (χ1n) is 4.91. The van der Waals surface area contributed by atoms with E-state index < -0.39 is 0 Å². The van der Waals surface area contributed by atoms with Gasteiger partial charge in [-0.25, -0.2) is 4.79 Å². The second-order valence-electron chi connectivity index (χ2n) is 3.09. The van der Waals surface area contributed by atoms with E-state index in [9.17, 15) is 4.79 Å². The largest absolute Gasteiger partial charge is 0.463 e. The molecular weight excluding hydrogens is 228 g/mol. The van der Waals surface area contributed by atoms with Crippen LogP contribution in [0.3, 0.4) is 0 Å². The maximum Gasteiger partial charge on any atom is 0.330 e. The number of halogens is 1. The number of esters is 1. The molecule has 0 amide bonds. The molecule has 0 aromatic heterocycles. The molecular formula is C12H13ClO3. The van der Waals surface area contributed by atoms with Gasteiger partial charge in [-0.15, -0.1) is 0 Å². The molecule has 86 valence electrons. The second-order valence-corrected chi connectivity index (χ2v) is 3.50. The van der Waals surface area contributed by atoms with E-state index in [4.69, 9.17) is 21.4 Å². The van der Waals surface area contributed by atoms with Crippen molar-refractivity contribution in [2.24, 2.45) is 0 Å². The summed E-state index contributed by atoms with van der Waals surface area (Å²) in [4.78, 5) is 11.0. The van der Waals surface area contributed by atoms with Crippen LogP contribution < -0.4 is 0 Å². The molecule has 0 saturated heterocycles. The summed E-state index contributed by atoms with van der Waals surface area (Å²) >= 11 is 5.90. The normalized spacial score (nSPS) is 10.7. The van der Waals surface area contributed by atoms with E-state index in [2.05, 4.69) is 0 Å². The Labute approximate surface area is 99.3 Å². The van der Waals surface area contributed by atoms with Crippen LogP contribution in [0, 0.1) is 0 Å². The minimum Gasteiger partial charge on any atom is -0.463 e. The molecule has 0 fully saturated rings. The third-order valence-electron chi connectivity index (χ3n) is 1.95. The fourth-order valence-electron chi connectivity index (χ4n) is 1.15. The zero-order valence-corrected chi connectivity index (χ0v) is 9.70. The molecule has 0 saturated carbocycles. The zero-order chi connectivity index (χ0) is 12.0. The van der Waals surface area contributed by atoms with Crippen LogP contribution >= 0.6 is 11.6 Å². The molecule has 0 heterocycles. The number of rotatable bonds is 4. The van der Waals surface area contributed by atoms with Crippen molar-refractivity contribution in [2.75, 3.05) is 6.61 Å². The van der Waals surface area contributed by atoms with Gasteiger partial charge in [-0.05, 0) is 30.2 Å². The smallest absolute Gasteiger partial charge is 0.330 e. The van der Waals surface area contributed by atoms with E-state index in [-0.39, 0.29) is 12.6 Å². The summed E-state index contributed by atoms with van der Waals surface area (Å²) in [6, 6.07) is 5.17. The molecule has 1 rings (SSSR count). The van der Waals surface area contributed by atoms with Gasteiger partial charge in [0.15, 0.2) is 0 Å². The summed E-state index contributed by atoms with van der Waals surface area (Å²) in [6.07, 6.45) is 2.96. The monoisotopic (exact) mass is 240 g/mol. The van der Waals surface area contributed by atoms with Crippen LogP contribution in [0.2, 0.25) is 5.02 Å². The number of hydrogen-bond donors (Lipinski definition) is 1. The van der Waals surface area contributed by atoms with Gasteiger partial charge in [-0.2, -0.15) is 0 Å². The predicted molar refractivity (Wildman–Crippen MR) is 63.0 cm³/mol. The van der Waals surface area contributed by atoms with Gasteiger partial charge in [0.05, 0.1) is 13.2 Å². The van der Waals surface area contributed by atoms with Crippen LogP contribution in [0.1, 0.15) is 18.1 Å². The Morgan fingerprint density at radius 1 is 1.56 bits per heavy atom. The summed E-state index contributed by atoms with van der Waals surface area (Å²) in [5.74, 6) is -0.384. The minimum atomic E-state index is -0.384. The highest BCUT2D eigenvalue weighted by Gasteiger charge is 1.99. The molecule has 0 radical (unpaired) electrons. The second kappa shape index (κ2) is 6.30. The van der Waals surface area contributed by atoms with E-state index in [0.717, 1.165) is 5.56 Å². The van der Waals surface area contributed by atoms with Crippen LogP contribution in [-0.2, 0) is 16.1 Å². The van der Waals surface area contributed by atoms with E-state index >= 15 is 0 Å². The average molecular weight is 241 g/mol. The first kappa shape index (κ1) is 12.7. The Kier molecular flexibility index (Phi) is 5.02. The van der Waals surface area contributed by atoms with Crippen molar-refractivity contribution in [3.05, 3.63) is 40.4 Å². The molecule has 0 aliphatic rings. The first-order valence-corrected chi connectivity index (χ1v) is 5.29.